The fourth-order valence-corrected chi connectivity index (χ4v) is 2.08. The Morgan fingerprint density at radius 1 is 0.905 bits per heavy atom. The second-order valence-electron chi connectivity index (χ2n) is 4.58. The summed E-state index contributed by atoms with van der Waals surface area (Å²) in [6.45, 7) is 0. The Morgan fingerprint density at radius 3 is 2.52 bits per heavy atom. The molecular formula is C18H14N2O. The van der Waals surface area contributed by atoms with Gasteiger partial charge in [0.1, 0.15) is 5.75 Å². The van der Waals surface area contributed by atoms with Crippen LogP contribution in [0.15, 0.2) is 78.0 Å². The van der Waals surface area contributed by atoms with E-state index in [1.807, 2.05) is 60.7 Å². The molecule has 1 heterocycles. The van der Waals surface area contributed by atoms with Crippen molar-refractivity contribution in [2.24, 2.45) is 4.99 Å². The molecular weight excluding hydrogens is 260 g/mol. The molecule has 0 spiro atoms. The quantitative estimate of drug-likeness (QED) is 0.727. The van der Waals surface area contributed by atoms with Crippen LogP contribution in [0, 0.1) is 0 Å². The number of para-hydroxylation sites is 2. The average molecular weight is 274 g/mol. The van der Waals surface area contributed by atoms with Gasteiger partial charge in [0.2, 0.25) is 0 Å². The average Bonchev–Trinajstić information content (AvgIpc) is 2.56. The Balaban J connectivity index is 1.96. The summed E-state index contributed by atoms with van der Waals surface area (Å²) in [4.78, 5) is 8.45. The molecule has 1 aromatic heterocycles. The summed E-state index contributed by atoms with van der Waals surface area (Å²) in [5.74, 6) is 0.213. The van der Waals surface area contributed by atoms with Crippen LogP contribution < -0.4 is 0 Å². The summed E-state index contributed by atoms with van der Waals surface area (Å²) in [6.07, 6.45) is 5.11. The molecule has 21 heavy (non-hydrogen) atoms. The minimum absolute atomic E-state index is 0.213. The highest BCUT2D eigenvalue weighted by atomic mass is 16.3. The maximum absolute atomic E-state index is 10.4. The van der Waals surface area contributed by atoms with Gasteiger partial charge in [0.25, 0.3) is 0 Å². The van der Waals surface area contributed by atoms with Crippen molar-refractivity contribution in [2.75, 3.05) is 0 Å². The molecule has 3 nitrogen and oxygen atoms in total. The first-order valence-corrected chi connectivity index (χ1v) is 6.66. The first-order valence-electron chi connectivity index (χ1n) is 6.66. The minimum Gasteiger partial charge on any atom is -0.507 e. The van der Waals surface area contributed by atoms with Crippen LogP contribution in [0.25, 0.3) is 11.1 Å². The number of pyridine rings is 1. The molecule has 0 fully saturated rings. The van der Waals surface area contributed by atoms with Gasteiger partial charge in [-0.2, -0.15) is 0 Å². The largest absolute Gasteiger partial charge is 0.507 e. The number of phenolic OH excluding ortho intramolecular Hbond substituents is 1. The van der Waals surface area contributed by atoms with Crippen LogP contribution in [0.1, 0.15) is 5.56 Å². The lowest BCUT2D eigenvalue weighted by molar-refractivity contribution is 0.476. The van der Waals surface area contributed by atoms with Crippen molar-refractivity contribution in [2.45, 2.75) is 0 Å². The van der Waals surface area contributed by atoms with Gasteiger partial charge in [-0.15, -0.1) is 0 Å². The summed E-state index contributed by atoms with van der Waals surface area (Å²) in [6, 6.07) is 19.0. The van der Waals surface area contributed by atoms with E-state index in [0.29, 0.717) is 5.56 Å². The predicted octanol–water partition coefficient (Wildman–Crippen LogP) is 4.20. The van der Waals surface area contributed by atoms with E-state index in [4.69, 9.17) is 0 Å². The van der Waals surface area contributed by atoms with E-state index in [-0.39, 0.29) is 5.75 Å². The van der Waals surface area contributed by atoms with Gasteiger partial charge in [-0.25, -0.2) is 0 Å². The summed E-state index contributed by atoms with van der Waals surface area (Å²) in [5.41, 5.74) is 3.16. The fraction of sp³-hybridized carbons (Fsp3) is 0. The first-order chi connectivity index (χ1) is 10.3. The van der Waals surface area contributed by atoms with Crippen molar-refractivity contribution >= 4 is 11.9 Å². The topological polar surface area (TPSA) is 45.5 Å². The predicted molar refractivity (Wildman–Crippen MR) is 85.0 cm³/mol. The zero-order chi connectivity index (χ0) is 14.5. The highest BCUT2D eigenvalue weighted by Gasteiger charge is 2.07. The van der Waals surface area contributed by atoms with Crippen molar-refractivity contribution in [3.63, 3.8) is 0 Å². The number of hydrogen-bond acceptors (Lipinski definition) is 3. The van der Waals surface area contributed by atoms with Crippen LogP contribution in [-0.2, 0) is 0 Å². The van der Waals surface area contributed by atoms with Crippen molar-refractivity contribution in [3.8, 4) is 16.9 Å². The third-order valence-electron chi connectivity index (χ3n) is 3.15. The van der Waals surface area contributed by atoms with Crippen LogP contribution in [0.5, 0.6) is 5.75 Å². The smallest absolute Gasteiger partial charge is 0.132 e. The van der Waals surface area contributed by atoms with Crippen molar-refractivity contribution in [1.82, 2.24) is 4.98 Å². The molecule has 0 amide bonds. The highest BCUT2D eigenvalue weighted by molar-refractivity contribution is 5.89. The Hall–Kier alpha value is -2.94. The highest BCUT2D eigenvalue weighted by Crippen LogP contribution is 2.31. The third-order valence-corrected chi connectivity index (χ3v) is 3.15. The molecule has 3 rings (SSSR count). The van der Waals surface area contributed by atoms with Crippen LogP contribution in [0.4, 0.5) is 5.69 Å². The minimum atomic E-state index is 0.213. The maximum Gasteiger partial charge on any atom is 0.132 e. The lowest BCUT2D eigenvalue weighted by atomic mass is 10.0. The van der Waals surface area contributed by atoms with Gasteiger partial charge in [-0.1, -0.05) is 36.4 Å². The van der Waals surface area contributed by atoms with E-state index in [0.717, 1.165) is 16.8 Å². The second kappa shape index (κ2) is 6.01. The van der Waals surface area contributed by atoms with Crippen molar-refractivity contribution in [1.29, 1.82) is 0 Å². The van der Waals surface area contributed by atoms with E-state index in [9.17, 15) is 5.11 Å². The van der Waals surface area contributed by atoms with Gasteiger partial charge in [-0.05, 0) is 24.3 Å². The number of phenols is 1. The van der Waals surface area contributed by atoms with E-state index in [2.05, 4.69) is 9.98 Å². The number of rotatable bonds is 3. The van der Waals surface area contributed by atoms with Gasteiger partial charge in [0.15, 0.2) is 0 Å². The van der Waals surface area contributed by atoms with E-state index in [1.54, 1.807) is 18.6 Å². The molecule has 102 valence electrons. The Bertz CT molecular complexity index is 753. The van der Waals surface area contributed by atoms with Gasteiger partial charge in [0.05, 0.1) is 5.69 Å². The summed E-state index contributed by atoms with van der Waals surface area (Å²) in [7, 11) is 0. The van der Waals surface area contributed by atoms with Crippen LogP contribution >= 0.6 is 0 Å². The van der Waals surface area contributed by atoms with Crippen molar-refractivity contribution in [3.05, 3.63) is 78.6 Å². The number of aliphatic imine (C=N–C) groups is 1. The first kappa shape index (κ1) is 13.1. The van der Waals surface area contributed by atoms with Gasteiger partial charge < -0.3 is 5.11 Å². The zero-order valence-electron chi connectivity index (χ0n) is 11.3. The number of hydrogen-bond donors (Lipinski definition) is 1. The van der Waals surface area contributed by atoms with Gasteiger partial charge >= 0.3 is 0 Å². The molecule has 3 aromatic rings. The summed E-state index contributed by atoms with van der Waals surface area (Å²) < 4.78 is 0. The molecule has 0 aliphatic carbocycles. The normalized spacial score (nSPS) is 10.9. The van der Waals surface area contributed by atoms with Crippen molar-refractivity contribution < 1.29 is 5.11 Å². The zero-order valence-corrected chi connectivity index (χ0v) is 11.3. The summed E-state index contributed by atoms with van der Waals surface area (Å²) in [5, 5.41) is 10.4. The monoisotopic (exact) mass is 274 g/mol. The third kappa shape index (κ3) is 2.98. The second-order valence-corrected chi connectivity index (χ2v) is 4.58. The number of benzene rings is 2. The van der Waals surface area contributed by atoms with E-state index < -0.39 is 0 Å². The van der Waals surface area contributed by atoms with E-state index >= 15 is 0 Å². The van der Waals surface area contributed by atoms with E-state index in [1.165, 1.54) is 0 Å². The lowest BCUT2D eigenvalue weighted by Gasteiger charge is -2.06. The molecule has 0 radical (unpaired) electrons. The Morgan fingerprint density at radius 2 is 1.76 bits per heavy atom. The maximum atomic E-state index is 10.4. The Kier molecular flexibility index (Phi) is 3.74. The summed E-state index contributed by atoms with van der Waals surface area (Å²) >= 11 is 0. The standard InChI is InChI=1S/C18H14N2O/c21-18-15(13-20-16-8-2-1-3-9-16)6-4-10-17(18)14-7-5-11-19-12-14/h1-13,21H/b20-13+. The molecule has 0 saturated carbocycles. The molecule has 0 aliphatic rings. The number of nitrogens with zero attached hydrogens (tertiary/aromatic N) is 2. The molecule has 1 N–H and O–H groups in total. The molecule has 0 atom stereocenters. The fourth-order valence-electron chi connectivity index (χ4n) is 2.08. The molecule has 2 aromatic carbocycles. The number of aromatic hydroxyl groups is 1. The van der Waals surface area contributed by atoms with Crippen LogP contribution in [-0.4, -0.2) is 16.3 Å². The van der Waals surface area contributed by atoms with Gasteiger partial charge in [0, 0.05) is 35.3 Å². The molecule has 0 unspecified atom stereocenters. The number of aromatic nitrogens is 1. The SMILES string of the molecule is Oc1c(/C=N/c2ccccc2)cccc1-c1cccnc1. The van der Waals surface area contributed by atoms with Crippen LogP contribution in [0.2, 0.25) is 0 Å². The lowest BCUT2D eigenvalue weighted by Crippen LogP contribution is -1.87. The molecule has 0 saturated heterocycles. The molecule has 0 bridgehead atoms. The van der Waals surface area contributed by atoms with Crippen LogP contribution in [0.3, 0.4) is 0 Å². The molecule has 0 aliphatic heterocycles. The Labute approximate surface area is 123 Å². The van der Waals surface area contributed by atoms with Gasteiger partial charge in [-0.3, -0.25) is 9.98 Å². The molecule has 3 heteroatoms.